The largest absolute Gasteiger partial charge is 0.412 e. The number of nitrogens with zero attached hydrogens (tertiary/aromatic N) is 1. The van der Waals surface area contributed by atoms with Crippen molar-refractivity contribution in [3.8, 4) is 0 Å². The summed E-state index contributed by atoms with van der Waals surface area (Å²) in [5, 5.41) is 6.96. The normalized spacial score (nSPS) is 6.36. The number of hydrogen-bond acceptors (Lipinski definition) is 1. The summed E-state index contributed by atoms with van der Waals surface area (Å²) < 4.78 is 0. The lowest BCUT2D eigenvalue weighted by atomic mass is 10.5. The standard InChI is InChI=1S/C5H13N3.ClH.2H2O/c1-3-8(4-2)5(6)7;;;/h3-4H2,1-2H3,(H3,6,7);1H;2*1H2. The molecule has 0 unspecified atom stereocenters. The topological polar surface area (TPSA) is 116 Å². The highest BCUT2D eigenvalue weighted by molar-refractivity contribution is 5.85. The molecule has 0 atom stereocenters. The Bertz CT molecular complexity index is 87.8. The fourth-order valence-corrected chi connectivity index (χ4v) is 0.564. The number of nitrogens with two attached hydrogens (primary N) is 1. The number of halogens is 1. The van der Waals surface area contributed by atoms with Crippen LogP contribution in [0.5, 0.6) is 0 Å². The zero-order chi connectivity index (χ0) is 6.57. The molecule has 0 spiro atoms. The van der Waals surface area contributed by atoms with Crippen LogP contribution in [0.4, 0.5) is 0 Å². The second-order valence-corrected chi connectivity index (χ2v) is 1.56. The second kappa shape index (κ2) is 12.2. The summed E-state index contributed by atoms with van der Waals surface area (Å²) in [6.07, 6.45) is 0. The van der Waals surface area contributed by atoms with Gasteiger partial charge in [0.05, 0.1) is 0 Å². The molecule has 11 heavy (non-hydrogen) atoms. The number of nitrogens with one attached hydrogen (secondary N) is 1. The molecule has 0 amide bonds. The first-order valence-corrected chi connectivity index (χ1v) is 2.81. The molecule has 0 aliphatic heterocycles. The van der Waals surface area contributed by atoms with Gasteiger partial charge in [0.25, 0.3) is 0 Å². The first-order valence-electron chi connectivity index (χ1n) is 2.81. The van der Waals surface area contributed by atoms with Gasteiger partial charge in [-0.3, -0.25) is 5.41 Å². The van der Waals surface area contributed by atoms with Crippen LogP contribution in [-0.4, -0.2) is 34.9 Å². The van der Waals surface area contributed by atoms with Crippen molar-refractivity contribution in [3.63, 3.8) is 0 Å². The minimum Gasteiger partial charge on any atom is -0.412 e. The van der Waals surface area contributed by atoms with E-state index in [0.29, 0.717) is 0 Å². The van der Waals surface area contributed by atoms with E-state index < -0.39 is 0 Å². The summed E-state index contributed by atoms with van der Waals surface area (Å²) in [5.74, 6) is 0.162. The molecule has 0 aliphatic carbocycles. The smallest absolute Gasteiger partial charge is 0.188 e. The van der Waals surface area contributed by atoms with Crippen molar-refractivity contribution in [1.82, 2.24) is 4.90 Å². The predicted octanol–water partition coefficient (Wildman–Crippen LogP) is -1.01. The SMILES string of the molecule is CCN(CC)C(=N)N.Cl.O.O. The molecule has 0 aromatic rings. The van der Waals surface area contributed by atoms with Gasteiger partial charge in [-0.25, -0.2) is 0 Å². The van der Waals surface area contributed by atoms with Crippen LogP contribution in [0.2, 0.25) is 0 Å². The van der Waals surface area contributed by atoms with Crippen LogP contribution in [0.3, 0.4) is 0 Å². The molecule has 0 radical (unpaired) electrons. The molecule has 0 heterocycles. The van der Waals surface area contributed by atoms with Crippen molar-refractivity contribution in [2.75, 3.05) is 13.1 Å². The number of hydrogen-bond donors (Lipinski definition) is 2. The molecular weight excluding hydrogens is 170 g/mol. The van der Waals surface area contributed by atoms with Gasteiger partial charge in [0.2, 0.25) is 0 Å². The average Bonchev–Trinajstić information content (AvgIpc) is 1.69. The Hall–Kier alpha value is -0.520. The summed E-state index contributed by atoms with van der Waals surface area (Å²) in [5.41, 5.74) is 5.17. The zero-order valence-electron chi connectivity index (χ0n) is 6.85. The van der Waals surface area contributed by atoms with Crippen LogP contribution in [-0.2, 0) is 0 Å². The summed E-state index contributed by atoms with van der Waals surface area (Å²) in [6, 6.07) is 0. The Balaban J connectivity index is -0.0000000817. The number of guanidine groups is 1. The third-order valence-electron chi connectivity index (χ3n) is 1.10. The summed E-state index contributed by atoms with van der Waals surface area (Å²) in [7, 11) is 0. The maximum Gasteiger partial charge on any atom is 0.188 e. The molecule has 5 nitrogen and oxygen atoms in total. The van der Waals surface area contributed by atoms with E-state index in [0.717, 1.165) is 13.1 Å². The van der Waals surface area contributed by atoms with Crippen LogP contribution in [0.15, 0.2) is 0 Å². The van der Waals surface area contributed by atoms with Gasteiger partial charge in [0.1, 0.15) is 0 Å². The van der Waals surface area contributed by atoms with Crippen molar-refractivity contribution < 1.29 is 11.0 Å². The zero-order valence-corrected chi connectivity index (χ0v) is 7.66. The molecule has 72 valence electrons. The van der Waals surface area contributed by atoms with E-state index in [9.17, 15) is 0 Å². The van der Waals surface area contributed by atoms with E-state index in [-0.39, 0.29) is 29.3 Å². The molecular formula is C5H18ClN3O2. The van der Waals surface area contributed by atoms with E-state index in [4.69, 9.17) is 11.1 Å². The molecule has 0 aromatic carbocycles. The quantitative estimate of drug-likeness (QED) is 0.426. The Kier molecular flexibility index (Phi) is 24.8. The minimum atomic E-state index is 0. The first-order chi connectivity index (χ1) is 3.72. The molecule has 0 bridgehead atoms. The fourth-order valence-electron chi connectivity index (χ4n) is 0.564. The maximum absolute atomic E-state index is 6.96. The molecule has 6 heteroatoms. The molecule has 0 aliphatic rings. The minimum absolute atomic E-state index is 0. The Morgan fingerprint density at radius 1 is 1.27 bits per heavy atom. The predicted molar refractivity (Wildman–Crippen MR) is 49.3 cm³/mol. The molecule has 0 aromatic heterocycles. The summed E-state index contributed by atoms with van der Waals surface area (Å²) in [6.45, 7) is 5.60. The Labute approximate surface area is 73.1 Å². The molecule has 0 fully saturated rings. The van der Waals surface area contributed by atoms with Crippen molar-refractivity contribution >= 4 is 18.4 Å². The lowest BCUT2D eigenvalue weighted by Crippen LogP contribution is -2.35. The van der Waals surface area contributed by atoms with Crippen molar-refractivity contribution in [2.24, 2.45) is 5.73 Å². The molecule has 7 N–H and O–H groups in total. The van der Waals surface area contributed by atoms with Gasteiger partial charge < -0.3 is 21.6 Å². The lowest BCUT2D eigenvalue weighted by Gasteiger charge is -2.16. The van der Waals surface area contributed by atoms with Gasteiger partial charge in [0.15, 0.2) is 5.96 Å². The van der Waals surface area contributed by atoms with Crippen LogP contribution >= 0.6 is 12.4 Å². The van der Waals surface area contributed by atoms with Gasteiger partial charge in [-0.2, -0.15) is 0 Å². The van der Waals surface area contributed by atoms with E-state index in [2.05, 4.69) is 0 Å². The Morgan fingerprint density at radius 3 is 1.55 bits per heavy atom. The monoisotopic (exact) mass is 187 g/mol. The number of rotatable bonds is 2. The average molecular weight is 188 g/mol. The summed E-state index contributed by atoms with van der Waals surface area (Å²) >= 11 is 0. The molecule has 0 saturated heterocycles. The van der Waals surface area contributed by atoms with Crippen LogP contribution < -0.4 is 5.73 Å². The van der Waals surface area contributed by atoms with E-state index in [1.807, 2.05) is 13.8 Å². The van der Waals surface area contributed by atoms with Crippen LogP contribution in [0, 0.1) is 5.41 Å². The van der Waals surface area contributed by atoms with E-state index >= 15 is 0 Å². The second-order valence-electron chi connectivity index (χ2n) is 1.56. The lowest BCUT2D eigenvalue weighted by molar-refractivity contribution is 0.457. The van der Waals surface area contributed by atoms with Crippen LogP contribution in [0.1, 0.15) is 13.8 Å². The van der Waals surface area contributed by atoms with Gasteiger partial charge in [-0.05, 0) is 13.8 Å². The van der Waals surface area contributed by atoms with Crippen molar-refractivity contribution in [2.45, 2.75) is 13.8 Å². The highest BCUT2D eigenvalue weighted by Gasteiger charge is 1.96. The van der Waals surface area contributed by atoms with E-state index in [1.54, 1.807) is 4.90 Å². The maximum atomic E-state index is 6.96. The third kappa shape index (κ3) is 9.48. The highest BCUT2D eigenvalue weighted by Crippen LogP contribution is 1.81. The third-order valence-corrected chi connectivity index (χ3v) is 1.10. The van der Waals surface area contributed by atoms with Gasteiger partial charge in [-0.1, -0.05) is 0 Å². The Morgan fingerprint density at radius 2 is 1.55 bits per heavy atom. The highest BCUT2D eigenvalue weighted by atomic mass is 35.5. The van der Waals surface area contributed by atoms with Crippen LogP contribution in [0.25, 0.3) is 0 Å². The van der Waals surface area contributed by atoms with Gasteiger partial charge in [-0.15, -0.1) is 12.4 Å². The molecule has 0 saturated carbocycles. The van der Waals surface area contributed by atoms with Gasteiger partial charge >= 0.3 is 0 Å². The first kappa shape index (κ1) is 22.4. The van der Waals surface area contributed by atoms with Gasteiger partial charge in [0, 0.05) is 13.1 Å². The summed E-state index contributed by atoms with van der Waals surface area (Å²) in [4.78, 5) is 1.78. The van der Waals surface area contributed by atoms with Crippen molar-refractivity contribution in [3.05, 3.63) is 0 Å². The van der Waals surface area contributed by atoms with Crippen molar-refractivity contribution in [1.29, 1.82) is 5.41 Å². The fraction of sp³-hybridized carbons (Fsp3) is 0.800. The van der Waals surface area contributed by atoms with E-state index in [1.165, 1.54) is 0 Å². The molecule has 0 rings (SSSR count).